The monoisotopic (exact) mass is 303 g/mol. The molecule has 0 aromatic heterocycles. The van der Waals surface area contributed by atoms with Crippen molar-refractivity contribution in [1.29, 1.82) is 0 Å². The summed E-state index contributed by atoms with van der Waals surface area (Å²) in [6.45, 7) is 0.228. The zero-order valence-electron chi connectivity index (χ0n) is 12.3. The molecule has 1 aromatic carbocycles. The third-order valence-electron chi connectivity index (χ3n) is 4.51. The van der Waals surface area contributed by atoms with Crippen molar-refractivity contribution >= 4 is 17.6 Å². The molecule has 1 aromatic rings. The minimum absolute atomic E-state index is 0.116. The summed E-state index contributed by atoms with van der Waals surface area (Å²) in [5.41, 5.74) is 0.841. The summed E-state index contributed by atoms with van der Waals surface area (Å²) in [6.07, 6.45) is 1.31. The Morgan fingerprint density at radius 2 is 1.77 bits per heavy atom. The summed E-state index contributed by atoms with van der Waals surface area (Å²) in [7, 11) is 0. The van der Waals surface area contributed by atoms with Gasteiger partial charge < -0.3 is 0 Å². The van der Waals surface area contributed by atoms with Crippen molar-refractivity contribution in [3.63, 3.8) is 0 Å². The molecule has 5 heteroatoms. The van der Waals surface area contributed by atoms with Crippen molar-refractivity contribution < 1.29 is 18.8 Å². The molecule has 22 heavy (non-hydrogen) atoms. The summed E-state index contributed by atoms with van der Waals surface area (Å²) in [5.74, 6) is -0.562. The standard InChI is InChI=1S/C17H18FNO3/c18-12(10-11-7-8-15(11)20)4-3-9-19-16(21)13-5-1-2-6-14(13)17(19)22/h1-2,5-6,11-12H,3-4,7-10H2. The second kappa shape index (κ2) is 5.99. The fraction of sp³-hybridized carbons (Fsp3) is 0.471. The molecule has 2 amide bonds. The summed E-state index contributed by atoms with van der Waals surface area (Å²) >= 11 is 0. The Morgan fingerprint density at radius 1 is 1.14 bits per heavy atom. The Hall–Kier alpha value is -2.04. The van der Waals surface area contributed by atoms with E-state index in [1.807, 2.05) is 0 Å². The maximum atomic E-state index is 13.8. The zero-order chi connectivity index (χ0) is 15.7. The van der Waals surface area contributed by atoms with Crippen molar-refractivity contribution in [2.75, 3.05) is 6.54 Å². The van der Waals surface area contributed by atoms with Gasteiger partial charge in [-0.25, -0.2) is 4.39 Å². The Labute approximate surface area is 128 Å². The molecule has 4 nitrogen and oxygen atoms in total. The lowest BCUT2D eigenvalue weighted by Crippen LogP contribution is -2.31. The van der Waals surface area contributed by atoms with Gasteiger partial charge in [0.2, 0.25) is 0 Å². The van der Waals surface area contributed by atoms with Crippen LogP contribution in [0.1, 0.15) is 52.8 Å². The first kappa shape index (κ1) is 14.9. The molecule has 0 saturated heterocycles. The van der Waals surface area contributed by atoms with E-state index in [0.717, 1.165) is 6.42 Å². The van der Waals surface area contributed by atoms with E-state index in [1.165, 1.54) is 4.90 Å². The highest BCUT2D eigenvalue weighted by Crippen LogP contribution is 2.29. The first-order valence-electron chi connectivity index (χ1n) is 7.70. The predicted octanol–water partition coefficient (Wildman–Crippen LogP) is 2.77. The van der Waals surface area contributed by atoms with Crippen LogP contribution in [0, 0.1) is 5.92 Å². The first-order chi connectivity index (χ1) is 10.6. The molecular formula is C17H18FNO3. The van der Waals surface area contributed by atoms with Crippen molar-refractivity contribution in [2.24, 2.45) is 5.92 Å². The Bertz CT molecular complexity index is 593. The van der Waals surface area contributed by atoms with E-state index in [9.17, 15) is 18.8 Å². The number of carbonyl (C=O) groups is 3. The second-order valence-electron chi connectivity index (χ2n) is 5.98. The minimum Gasteiger partial charge on any atom is -0.299 e. The van der Waals surface area contributed by atoms with Crippen LogP contribution >= 0.6 is 0 Å². The van der Waals surface area contributed by atoms with Crippen LogP contribution in [0.5, 0.6) is 0 Å². The minimum atomic E-state index is -1.04. The molecule has 0 bridgehead atoms. The molecule has 1 saturated carbocycles. The maximum absolute atomic E-state index is 13.8. The van der Waals surface area contributed by atoms with Gasteiger partial charge in [-0.1, -0.05) is 12.1 Å². The van der Waals surface area contributed by atoms with Crippen LogP contribution in [0.25, 0.3) is 0 Å². The molecule has 0 N–H and O–H groups in total. The summed E-state index contributed by atoms with van der Waals surface area (Å²) in [5, 5.41) is 0. The van der Waals surface area contributed by atoms with Gasteiger partial charge in [0.25, 0.3) is 11.8 Å². The third kappa shape index (κ3) is 2.67. The molecule has 3 rings (SSSR count). The van der Waals surface area contributed by atoms with Crippen molar-refractivity contribution in [1.82, 2.24) is 4.90 Å². The number of hydrogen-bond donors (Lipinski definition) is 0. The highest BCUT2D eigenvalue weighted by molar-refractivity contribution is 6.21. The van der Waals surface area contributed by atoms with Crippen LogP contribution in [0.3, 0.4) is 0 Å². The smallest absolute Gasteiger partial charge is 0.261 e. The fourth-order valence-electron chi connectivity index (χ4n) is 3.06. The van der Waals surface area contributed by atoms with E-state index in [1.54, 1.807) is 24.3 Å². The van der Waals surface area contributed by atoms with Crippen molar-refractivity contribution in [3.05, 3.63) is 35.4 Å². The van der Waals surface area contributed by atoms with Crippen molar-refractivity contribution in [3.8, 4) is 0 Å². The molecule has 1 fully saturated rings. The lowest BCUT2D eigenvalue weighted by Gasteiger charge is -2.25. The molecule has 0 spiro atoms. The molecule has 2 unspecified atom stereocenters. The number of rotatable bonds is 6. The fourth-order valence-corrected chi connectivity index (χ4v) is 3.06. The van der Waals surface area contributed by atoms with Gasteiger partial charge in [0, 0.05) is 18.9 Å². The number of Topliss-reactive ketones (excluding diaryl/α,β-unsaturated/α-hetero) is 1. The van der Waals surface area contributed by atoms with Gasteiger partial charge in [-0.05, 0) is 37.8 Å². The molecule has 0 radical (unpaired) electrons. The lowest BCUT2D eigenvalue weighted by molar-refractivity contribution is -0.130. The number of imide groups is 1. The maximum Gasteiger partial charge on any atom is 0.261 e. The van der Waals surface area contributed by atoms with E-state index in [2.05, 4.69) is 0 Å². The van der Waals surface area contributed by atoms with Gasteiger partial charge in [-0.15, -0.1) is 0 Å². The molecule has 2 aliphatic rings. The zero-order valence-corrected chi connectivity index (χ0v) is 12.3. The van der Waals surface area contributed by atoms with E-state index in [-0.39, 0.29) is 42.9 Å². The highest BCUT2D eigenvalue weighted by Gasteiger charge is 2.35. The number of carbonyl (C=O) groups excluding carboxylic acids is 3. The topological polar surface area (TPSA) is 54.5 Å². The number of halogens is 1. The average molecular weight is 303 g/mol. The molecule has 1 heterocycles. The van der Waals surface area contributed by atoms with Gasteiger partial charge >= 0.3 is 0 Å². The van der Waals surface area contributed by atoms with Crippen molar-refractivity contribution in [2.45, 2.75) is 38.3 Å². The number of nitrogens with zero attached hydrogens (tertiary/aromatic N) is 1. The SMILES string of the molecule is O=C1CCC1CC(F)CCCN1C(=O)c2ccccc2C1=O. The van der Waals surface area contributed by atoms with Crippen LogP contribution in [0.4, 0.5) is 4.39 Å². The summed E-state index contributed by atoms with van der Waals surface area (Å²) in [6, 6.07) is 6.72. The molecule has 2 atom stereocenters. The quantitative estimate of drug-likeness (QED) is 0.759. The number of amides is 2. The number of hydrogen-bond acceptors (Lipinski definition) is 3. The summed E-state index contributed by atoms with van der Waals surface area (Å²) in [4.78, 5) is 36.6. The Kier molecular flexibility index (Phi) is 4.05. The van der Waals surface area contributed by atoms with E-state index >= 15 is 0 Å². The van der Waals surface area contributed by atoms with Gasteiger partial charge in [-0.2, -0.15) is 0 Å². The van der Waals surface area contributed by atoms with Gasteiger partial charge in [-0.3, -0.25) is 19.3 Å². The second-order valence-corrected chi connectivity index (χ2v) is 5.98. The molecule has 1 aliphatic heterocycles. The Morgan fingerprint density at radius 3 is 2.27 bits per heavy atom. The van der Waals surface area contributed by atoms with Crippen LogP contribution in [-0.4, -0.2) is 35.2 Å². The normalized spacial score (nSPS) is 21.8. The number of benzene rings is 1. The highest BCUT2D eigenvalue weighted by atomic mass is 19.1. The van der Waals surface area contributed by atoms with E-state index < -0.39 is 6.17 Å². The van der Waals surface area contributed by atoms with Gasteiger partial charge in [0.05, 0.1) is 11.1 Å². The molecule has 116 valence electrons. The number of fused-ring (bicyclic) bond motifs is 1. The molecular weight excluding hydrogens is 285 g/mol. The average Bonchev–Trinajstić information content (AvgIpc) is 2.76. The first-order valence-corrected chi connectivity index (χ1v) is 7.70. The van der Waals surface area contributed by atoms with E-state index in [0.29, 0.717) is 24.0 Å². The van der Waals surface area contributed by atoms with E-state index in [4.69, 9.17) is 0 Å². The largest absolute Gasteiger partial charge is 0.299 e. The molecule has 1 aliphatic carbocycles. The van der Waals surface area contributed by atoms with Crippen LogP contribution < -0.4 is 0 Å². The van der Waals surface area contributed by atoms with Gasteiger partial charge in [0.15, 0.2) is 0 Å². The summed E-state index contributed by atoms with van der Waals surface area (Å²) < 4.78 is 13.8. The number of alkyl halides is 1. The number of ketones is 1. The van der Waals surface area contributed by atoms with Gasteiger partial charge in [0.1, 0.15) is 12.0 Å². The van der Waals surface area contributed by atoms with Crippen LogP contribution in [-0.2, 0) is 4.79 Å². The Balaban J connectivity index is 1.49. The lowest BCUT2D eigenvalue weighted by atomic mass is 9.80. The third-order valence-corrected chi connectivity index (χ3v) is 4.51. The van der Waals surface area contributed by atoms with Crippen LogP contribution in [0.2, 0.25) is 0 Å². The van der Waals surface area contributed by atoms with Crippen LogP contribution in [0.15, 0.2) is 24.3 Å². The predicted molar refractivity (Wildman–Crippen MR) is 78.3 cm³/mol.